The van der Waals surface area contributed by atoms with Gasteiger partial charge in [0.05, 0.1) is 7.11 Å². The first-order valence-electron chi connectivity index (χ1n) is 6.93. The van der Waals surface area contributed by atoms with Gasteiger partial charge in [0.15, 0.2) is 0 Å². The summed E-state index contributed by atoms with van der Waals surface area (Å²) in [5.74, 6) is 1.11. The van der Waals surface area contributed by atoms with Crippen LogP contribution in [0.2, 0.25) is 0 Å². The van der Waals surface area contributed by atoms with Gasteiger partial charge < -0.3 is 10.5 Å². The summed E-state index contributed by atoms with van der Waals surface area (Å²) in [7, 11) is -2.01. The van der Waals surface area contributed by atoms with Gasteiger partial charge in [-0.05, 0) is 36.8 Å². The standard InChI is InChI=1S/C14H20N2O3S.ClH/c1-19-13-4-2-3-5-14(13)20(17,18)16-8-10-6-7-12(15)11(10)9-16;/h2-5,10-12H,6-9,15H2,1H3;1H. The van der Waals surface area contributed by atoms with E-state index in [0.29, 0.717) is 30.7 Å². The molecule has 0 aromatic heterocycles. The van der Waals surface area contributed by atoms with Gasteiger partial charge in [0.2, 0.25) is 10.0 Å². The zero-order chi connectivity index (χ0) is 14.3. The fourth-order valence-electron chi connectivity index (χ4n) is 3.43. The van der Waals surface area contributed by atoms with Crippen molar-refractivity contribution in [3.8, 4) is 5.75 Å². The molecule has 0 amide bonds. The molecule has 0 bridgehead atoms. The number of rotatable bonds is 3. The molecule has 2 fully saturated rings. The molecule has 5 nitrogen and oxygen atoms in total. The summed E-state index contributed by atoms with van der Waals surface area (Å²) in [6.07, 6.45) is 2.04. The molecule has 0 radical (unpaired) electrons. The zero-order valence-corrected chi connectivity index (χ0v) is 13.6. The Morgan fingerprint density at radius 1 is 1.24 bits per heavy atom. The van der Waals surface area contributed by atoms with E-state index in [0.717, 1.165) is 12.8 Å². The Bertz CT molecular complexity index is 608. The van der Waals surface area contributed by atoms with Gasteiger partial charge in [0, 0.05) is 19.1 Å². The molecule has 3 atom stereocenters. The molecule has 2 N–H and O–H groups in total. The van der Waals surface area contributed by atoms with Crippen LogP contribution in [-0.4, -0.2) is 39.0 Å². The third-order valence-electron chi connectivity index (χ3n) is 4.57. The Morgan fingerprint density at radius 2 is 1.95 bits per heavy atom. The number of ether oxygens (including phenoxy) is 1. The third kappa shape index (κ3) is 2.77. The maximum atomic E-state index is 12.8. The molecule has 2 aliphatic rings. The SMILES string of the molecule is COc1ccccc1S(=O)(=O)N1CC2CCC(N)C2C1.Cl. The molecule has 21 heavy (non-hydrogen) atoms. The van der Waals surface area contributed by atoms with Gasteiger partial charge >= 0.3 is 0 Å². The molecule has 1 aliphatic heterocycles. The normalized spacial score (nSPS) is 29.0. The predicted octanol–water partition coefficient (Wildman–Crippen LogP) is 1.47. The van der Waals surface area contributed by atoms with Gasteiger partial charge in [0.25, 0.3) is 0 Å². The minimum Gasteiger partial charge on any atom is -0.495 e. The highest BCUT2D eigenvalue weighted by Gasteiger charge is 2.45. The van der Waals surface area contributed by atoms with Gasteiger partial charge in [-0.15, -0.1) is 12.4 Å². The zero-order valence-electron chi connectivity index (χ0n) is 11.9. The third-order valence-corrected chi connectivity index (χ3v) is 6.44. The molecule has 1 heterocycles. The number of nitrogens with zero attached hydrogens (tertiary/aromatic N) is 1. The molecule has 1 aromatic carbocycles. The molecule has 1 saturated carbocycles. The molecule has 1 saturated heterocycles. The monoisotopic (exact) mass is 332 g/mol. The average Bonchev–Trinajstić information content (AvgIpc) is 3.02. The summed E-state index contributed by atoms with van der Waals surface area (Å²) in [6, 6.07) is 6.90. The molecule has 3 rings (SSSR count). The minimum atomic E-state index is -3.49. The highest BCUT2D eigenvalue weighted by molar-refractivity contribution is 7.89. The van der Waals surface area contributed by atoms with E-state index in [9.17, 15) is 8.42 Å². The second-order valence-electron chi connectivity index (χ2n) is 5.64. The number of hydrogen-bond donors (Lipinski definition) is 1. The number of nitrogens with two attached hydrogens (primary N) is 1. The first kappa shape index (κ1) is 16.5. The number of hydrogen-bond acceptors (Lipinski definition) is 4. The van der Waals surface area contributed by atoms with E-state index in [1.165, 1.54) is 7.11 Å². The van der Waals surface area contributed by atoms with Crippen LogP contribution in [0.4, 0.5) is 0 Å². The summed E-state index contributed by atoms with van der Waals surface area (Å²) in [6.45, 7) is 1.12. The first-order valence-corrected chi connectivity index (χ1v) is 8.37. The van der Waals surface area contributed by atoms with Crippen LogP contribution in [0.1, 0.15) is 12.8 Å². The van der Waals surface area contributed by atoms with Crippen LogP contribution in [0.25, 0.3) is 0 Å². The Balaban J connectivity index is 0.00000161. The van der Waals surface area contributed by atoms with Crippen LogP contribution >= 0.6 is 12.4 Å². The van der Waals surface area contributed by atoms with E-state index in [1.807, 2.05) is 0 Å². The smallest absolute Gasteiger partial charge is 0.246 e. The molecular weight excluding hydrogens is 312 g/mol. The largest absolute Gasteiger partial charge is 0.495 e. The van der Waals surface area contributed by atoms with Crippen molar-refractivity contribution in [1.82, 2.24) is 4.31 Å². The van der Waals surface area contributed by atoms with Gasteiger partial charge in [-0.25, -0.2) is 8.42 Å². The van der Waals surface area contributed by atoms with Crippen molar-refractivity contribution in [2.45, 2.75) is 23.8 Å². The Morgan fingerprint density at radius 3 is 2.62 bits per heavy atom. The fourth-order valence-corrected chi connectivity index (χ4v) is 5.12. The van der Waals surface area contributed by atoms with Gasteiger partial charge in [-0.3, -0.25) is 0 Å². The van der Waals surface area contributed by atoms with Crippen molar-refractivity contribution < 1.29 is 13.2 Å². The first-order chi connectivity index (χ1) is 9.54. The Kier molecular flexibility index (Phi) is 4.82. The number of para-hydroxylation sites is 1. The summed E-state index contributed by atoms with van der Waals surface area (Å²) in [4.78, 5) is 0.246. The molecule has 3 unspecified atom stereocenters. The van der Waals surface area contributed by atoms with Crippen molar-refractivity contribution in [1.29, 1.82) is 0 Å². The van der Waals surface area contributed by atoms with E-state index in [-0.39, 0.29) is 23.3 Å². The van der Waals surface area contributed by atoms with E-state index in [4.69, 9.17) is 10.5 Å². The van der Waals surface area contributed by atoms with E-state index < -0.39 is 10.0 Å². The fraction of sp³-hybridized carbons (Fsp3) is 0.571. The van der Waals surface area contributed by atoms with Crippen molar-refractivity contribution in [2.75, 3.05) is 20.2 Å². The van der Waals surface area contributed by atoms with Gasteiger partial charge in [0.1, 0.15) is 10.6 Å². The quantitative estimate of drug-likeness (QED) is 0.910. The number of halogens is 1. The van der Waals surface area contributed by atoms with Crippen LogP contribution in [-0.2, 0) is 10.0 Å². The van der Waals surface area contributed by atoms with Crippen molar-refractivity contribution in [2.24, 2.45) is 17.6 Å². The maximum absolute atomic E-state index is 12.8. The van der Waals surface area contributed by atoms with Crippen LogP contribution < -0.4 is 10.5 Å². The summed E-state index contributed by atoms with van der Waals surface area (Å²) in [5.41, 5.74) is 6.07. The minimum absolute atomic E-state index is 0. The lowest BCUT2D eigenvalue weighted by Gasteiger charge is -2.19. The van der Waals surface area contributed by atoms with Crippen LogP contribution in [0.5, 0.6) is 5.75 Å². The average molecular weight is 333 g/mol. The summed E-state index contributed by atoms with van der Waals surface area (Å²) in [5, 5.41) is 0. The lowest BCUT2D eigenvalue weighted by molar-refractivity contribution is 0.394. The topological polar surface area (TPSA) is 72.6 Å². The second-order valence-corrected chi connectivity index (χ2v) is 7.54. The highest BCUT2D eigenvalue weighted by Crippen LogP contribution is 2.40. The number of methoxy groups -OCH3 is 1. The van der Waals surface area contributed by atoms with E-state index in [1.54, 1.807) is 28.6 Å². The van der Waals surface area contributed by atoms with Gasteiger partial charge in [-0.1, -0.05) is 12.1 Å². The number of sulfonamides is 1. The summed E-state index contributed by atoms with van der Waals surface area (Å²) >= 11 is 0. The molecule has 7 heteroatoms. The Labute approximate surface area is 131 Å². The highest BCUT2D eigenvalue weighted by atomic mass is 35.5. The number of fused-ring (bicyclic) bond motifs is 1. The molecular formula is C14H21ClN2O3S. The van der Waals surface area contributed by atoms with E-state index >= 15 is 0 Å². The lowest BCUT2D eigenvalue weighted by atomic mass is 9.98. The predicted molar refractivity (Wildman–Crippen MR) is 83.2 cm³/mol. The molecule has 118 valence electrons. The Hall–Kier alpha value is -0.820. The maximum Gasteiger partial charge on any atom is 0.246 e. The number of benzene rings is 1. The van der Waals surface area contributed by atoms with Crippen LogP contribution in [0, 0.1) is 11.8 Å². The van der Waals surface area contributed by atoms with E-state index in [2.05, 4.69) is 0 Å². The molecule has 1 aromatic rings. The molecule has 0 spiro atoms. The molecule has 1 aliphatic carbocycles. The van der Waals surface area contributed by atoms with Gasteiger partial charge in [-0.2, -0.15) is 4.31 Å². The van der Waals surface area contributed by atoms with Crippen molar-refractivity contribution in [3.63, 3.8) is 0 Å². The van der Waals surface area contributed by atoms with Crippen LogP contribution in [0.15, 0.2) is 29.2 Å². The van der Waals surface area contributed by atoms with Crippen molar-refractivity contribution >= 4 is 22.4 Å². The van der Waals surface area contributed by atoms with Crippen LogP contribution in [0.3, 0.4) is 0 Å². The second kappa shape index (κ2) is 6.12. The van der Waals surface area contributed by atoms with Crippen molar-refractivity contribution in [3.05, 3.63) is 24.3 Å². The lowest BCUT2D eigenvalue weighted by Crippen LogP contribution is -2.33. The summed E-state index contributed by atoms with van der Waals surface area (Å²) < 4.78 is 32.3.